The molecule has 0 saturated heterocycles. The molecule has 0 unspecified atom stereocenters. The zero-order valence-electron chi connectivity index (χ0n) is 12.6. The first-order valence-corrected chi connectivity index (χ1v) is 9.21. The Hall–Kier alpha value is -1.85. The second-order valence-electron chi connectivity index (χ2n) is 5.40. The number of aryl methyl sites for hydroxylation is 1. The fraction of sp³-hybridized carbons (Fsp3) is 0.294. The van der Waals surface area contributed by atoms with Crippen LogP contribution in [0.3, 0.4) is 0 Å². The molecule has 2 N–H and O–H groups in total. The summed E-state index contributed by atoms with van der Waals surface area (Å²) in [6.07, 6.45) is 1.80. The molecule has 2 rings (SSSR count). The molecule has 0 heterocycles. The van der Waals surface area contributed by atoms with Crippen LogP contribution in [0.2, 0.25) is 0 Å². The first kappa shape index (κ1) is 16.5. The van der Waals surface area contributed by atoms with Gasteiger partial charge in [0.15, 0.2) is 0 Å². The summed E-state index contributed by atoms with van der Waals surface area (Å²) >= 11 is 0. The van der Waals surface area contributed by atoms with Gasteiger partial charge in [-0.3, -0.25) is 0 Å². The van der Waals surface area contributed by atoms with Gasteiger partial charge < -0.3 is 10.4 Å². The minimum absolute atomic E-state index is 0.0582. The van der Waals surface area contributed by atoms with Gasteiger partial charge in [-0.1, -0.05) is 36.4 Å². The number of anilines is 1. The summed E-state index contributed by atoms with van der Waals surface area (Å²) in [5.74, 6) is 0.178. The molecule has 0 amide bonds. The topological polar surface area (TPSA) is 66.4 Å². The smallest absolute Gasteiger partial charge is 0.147 e. The van der Waals surface area contributed by atoms with E-state index in [2.05, 4.69) is 5.32 Å². The highest BCUT2D eigenvalue weighted by atomic mass is 32.2. The Morgan fingerprint density at radius 1 is 0.909 bits per heavy atom. The molecule has 0 aliphatic rings. The van der Waals surface area contributed by atoms with Gasteiger partial charge in [0.2, 0.25) is 0 Å². The summed E-state index contributed by atoms with van der Waals surface area (Å²) in [5.41, 5.74) is 4.05. The van der Waals surface area contributed by atoms with Crippen molar-refractivity contribution in [2.24, 2.45) is 0 Å². The summed E-state index contributed by atoms with van der Waals surface area (Å²) in [6.45, 7) is 0.761. The number of rotatable bonds is 7. The highest BCUT2D eigenvalue weighted by Crippen LogP contribution is 2.13. The molecule has 118 valence electrons. The van der Waals surface area contributed by atoms with Crippen molar-refractivity contribution in [1.82, 2.24) is 0 Å². The van der Waals surface area contributed by atoms with Crippen LogP contribution in [-0.4, -0.2) is 25.5 Å². The molecule has 0 aliphatic heterocycles. The van der Waals surface area contributed by atoms with Crippen LogP contribution in [-0.2, 0) is 29.4 Å². The molecule has 4 nitrogen and oxygen atoms in total. The lowest BCUT2D eigenvalue weighted by Crippen LogP contribution is -2.06. The SMILES string of the molecule is CS(=O)(=O)CCc1ccc(NCc2ccc(CO)cc2)cc1. The molecule has 0 aromatic heterocycles. The van der Waals surface area contributed by atoms with Crippen molar-refractivity contribution in [3.05, 3.63) is 65.2 Å². The predicted molar refractivity (Wildman–Crippen MR) is 89.5 cm³/mol. The third kappa shape index (κ3) is 5.50. The van der Waals surface area contributed by atoms with Crippen LogP contribution >= 0.6 is 0 Å². The van der Waals surface area contributed by atoms with Crippen molar-refractivity contribution >= 4 is 15.5 Å². The maximum Gasteiger partial charge on any atom is 0.147 e. The van der Waals surface area contributed by atoms with Crippen LogP contribution in [0.4, 0.5) is 5.69 Å². The number of nitrogens with one attached hydrogen (secondary N) is 1. The maximum absolute atomic E-state index is 11.1. The van der Waals surface area contributed by atoms with E-state index in [4.69, 9.17) is 5.11 Å². The van der Waals surface area contributed by atoms with E-state index >= 15 is 0 Å². The number of hydrogen-bond acceptors (Lipinski definition) is 4. The fourth-order valence-electron chi connectivity index (χ4n) is 2.06. The van der Waals surface area contributed by atoms with Gasteiger partial charge in [-0.05, 0) is 35.2 Å². The summed E-state index contributed by atoms with van der Waals surface area (Å²) in [5, 5.41) is 12.3. The summed E-state index contributed by atoms with van der Waals surface area (Å²) < 4.78 is 22.3. The van der Waals surface area contributed by atoms with Gasteiger partial charge >= 0.3 is 0 Å². The van der Waals surface area contributed by atoms with E-state index in [1.807, 2.05) is 48.5 Å². The zero-order chi connectivity index (χ0) is 16.0. The quantitative estimate of drug-likeness (QED) is 0.822. The molecular formula is C17H21NO3S. The van der Waals surface area contributed by atoms with E-state index in [1.54, 1.807) is 0 Å². The molecule has 0 saturated carbocycles. The molecule has 2 aromatic carbocycles. The number of aliphatic hydroxyl groups excluding tert-OH is 1. The average Bonchev–Trinajstić information content (AvgIpc) is 2.52. The lowest BCUT2D eigenvalue weighted by molar-refractivity contribution is 0.282. The Kier molecular flexibility index (Phi) is 5.57. The van der Waals surface area contributed by atoms with E-state index in [-0.39, 0.29) is 12.4 Å². The molecule has 0 fully saturated rings. The molecule has 2 aromatic rings. The van der Waals surface area contributed by atoms with Crippen molar-refractivity contribution < 1.29 is 13.5 Å². The Morgan fingerprint density at radius 3 is 2.00 bits per heavy atom. The first-order chi connectivity index (χ1) is 10.5. The fourth-order valence-corrected chi connectivity index (χ4v) is 2.67. The van der Waals surface area contributed by atoms with Crippen molar-refractivity contribution in [1.29, 1.82) is 0 Å². The highest BCUT2D eigenvalue weighted by Gasteiger charge is 2.03. The molecular weight excluding hydrogens is 298 g/mol. The third-order valence-electron chi connectivity index (χ3n) is 3.42. The normalized spacial score (nSPS) is 11.4. The molecule has 0 radical (unpaired) electrons. The van der Waals surface area contributed by atoms with Crippen molar-refractivity contribution in [3.8, 4) is 0 Å². The van der Waals surface area contributed by atoms with Gasteiger partial charge in [-0.25, -0.2) is 8.42 Å². The van der Waals surface area contributed by atoms with Crippen molar-refractivity contribution in [2.75, 3.05) is 17.3 Å². The number of sulfone groups is 1. The van der Waals surface area contributed by atoms with Crippen LogP contribution in [0.5, 0.6) is 0 Å². The molecule has 0 aliphatic carbocycles. The van der Waals surface area contributed by atoms with Crippen molar-refractivity contribution in [3.63, 3.8) is 0 Å². The van der Waals surface area contributed by atoms with Crippen molar-refractivity contribution in [2.45, 2.75) is 19.6 Å². The Bertz CT molecular complexity index is 692. The van der Waals surface area contributed by atoms with Crippen LogP contribution in [0.1, 0.15) is 16.7 Å². The second-order valence-corrected chi connectivity index (χ2v) is 7.66. The Balaban J connectivity index is 1.88. The summed E-state index contributed by atoms with van der Waals surface area (Å²) in [6, 6.07) is 15.6. The van der Waals surface area contributed by atoms with Crippen LogP contribution < -0.4 is 5.32 Å². The third-order valence-corrected chi connectivity index (χ3v) is 4.36. The Labute approximate surface area is 131 Å². The number of benzene rings is 2. The van der Waals surface area contributed by atoms with Gasteiger partial charge in [-0.2, -0.15) is 0 Å². The number of aliphatic hydroxyl groups is 1. The Morgan fingerprint density at radius 2 is 1.45 bits per heavy atom. The summed E-state index contributed by atoms with van der Waals surface area (Å²) in [4.78, 5) is 0. The van der Waals surface area contributed by atoms with E-state index in [1.165, 1.54) is 6.26 Å². The lowest BCUT2D eigenvalue weighted by Gasteiger charge is -2.08. The van der Waals surface area contributed by atoms with Gasteiger partial charge in [0.1, 0.15) is 9.84 Å². The average molecular weight is 319 g/mol. The highest BCUT2D eigenvalue weighted by molar-refractivity contribution is 7.90. The van der Waals surface area contributed by atoms with E-state index < -0.39 is 9.84 Å². The van der Waals surface area contributed by atoms with E-state index in [0.717, 1.165) is 22.4 Å². The zero-order valence-corrected chi connectivity index (χ0v) is 13.4. The molecule has 5 heteroatoms. The van der Waals surface area contributed by atoms with Gasteiger partial charge in [-0.15, -0.1) is 0 Å². The maximum atomic E-state index is 11.1. The van der Waals surface area contributed by atoms with Gasteiger partial charge in [0, 0.05) is 18.5 Å². The lowest BCUT2D eigenvalue weighted by atomic mass is 10.1. The standard InChI is InChI=1S/C17H21NO3S/c1-22(20,21)11-10-14-6-8-17(9-7-14)18-12-15-2-4-16(13-19)5-3-15/h2-9,18-19H,10-13H2,1H3. The number of hydrogen-bond donors (Lipinski definition) is 2. The summed E-state index contributed by atoms with van der Waals surface area (Å²) in [7, 11) is -2.92. The first-order valence-electron chi connectivity index (χ1n) is 7.15. The van der Waals surface area contributed by atoms with Crippen LogP contribution in [0, 0.1) is 0 Å². The minimum atomic E-state index is -2.92. The van der Waals surface area contributed by atoms with Crippen LogP contribution in [0.15, 0.2) is 48.5 Å². The molecule has 0 bridgehead atoms. The largest absolute Gasteiger partial charge is 0.392 e. The van der Waals surface area contributed by atoms with Crippen LogP contribution in [0.25, 0.3) is 0 Å². The van der Waals surface area contributed by atoms with Gasteiger partial charge in [0.25, 0.3) is 0 Å². The monoisotopic (exact) mass is 319 g/mol. The predicted octanol–water partition coefficient (Wildman–Crippen LogP) is 2.38. The van der Waals surface area contributed by atoms with E-state index in [0.29, 0.717) is 13.0 Å². The minimum Gasteiger partial charge on any atom is -0.392 e. The van der Waals surface area contributed by atoms with Gasteiger partial charge in [0.05, 0.1) is 12.4 Å². The molecule has 22 heavy (non-hydrogen) atoms. The van der Waals surface area contributed by atoms with E-state index in [9.17, 15) is 8.42 Å². The second kappa shape index (κ2) is 7.42. The molecule has 0 atom stereocenters. The molecule has 0 spiro atoms.